The molecule has 2 heterocycles. The summed E-state index contributed by atoms with van der Waals surface area (Å²) in [7, 11) is 0. The summed E-state index contributed by atoms with van der Waals surface area (Å²) in [6.45, 7) is 5.66. The first-order chi connectivity index (χ1) is 19.0. The van der Waals surface area contributed by atoms with E-state index in [0.717, 1.165) is 5.56 Å². The molecule has 0 bridgehead atoms. The number of carbonyl (C=O) groups is 5. The number of hydrogen-bond acceptors (Lipinski definition) is 6. The first-order valence-electron chi connectivity index (χ1n) is 13.2. The molecule has 4 rings (SSSR count). The molecule has 0 radical (unpaired) electrons. The van der Waals surface area contributed by atoms with Crippen LogP contribution in [-0.4, -0.2) is 63.5 Å². The number of amides is 4. The Morgan fingerprint density at radius 3 is 2.33 bits per heavy atom. The predicted octanol–water partition coefficient (Wildman–Crippen LogP) is 1.40. The van der Waals surface area contributed by atoms with Gasteiger partial charge in [-0.25, -0.2) is 4.98 Å². The minimum Gasteiger partial charge on any atom is -0.356 e. The SMILES string of the molecule is CC(C)(C)NC(=O)C(=O)[C@H](C[C@@H]1CCNC1=O)NC(=O)[C@H](Cc1ccccc1)NC(=O)c1nc2ccccc2[nH]1. The zero-order chi connectivity index (χ0) is 28.9. The van der Waals surface area contributed by atoms with Gasteiger partial charge in [-0.05, 0) is 51.3 Å². The molecule has 1 fully saturated rings. The van der Waals surface area contributed by atoms with Crippen LogP contribution in [0.1, 0.15) is 49.8 Å². The summed E-state index contributed by atoms with van der Waals surface area (Å²) in [4.78, 5) is 72.3. The number of rotatable bonds is 10. The van der Waals surface area contributed by atoms with Crippen LogP contribution in [0.3, 0.4) is 0 Å². The number of imidazole rings is 1. The van der Waals surface area contributed by atoms with Gasteiger partial charge in [-0.1, -0.05) is 42.5 Å². The highest BCUT2D eigenvalue weighted by Crippen LogP contribution is 2.18. The summed E-state index contributed by atoms with van der Waals surface area (Å²) in [5.41, 5.74) is 1.36. The standard InChI is InChI=1S/C29H34N6O5/c1-29(2,3)35-27(39)23(36)21(16-18-13-14-30-25(18)37)33-26(38)22(15-17-9-5-4-6-10-17)34-28(40)24-31-19-11-7-8-12-20(19)32-24/h4-12,18,21-22H,13-16H2,1-3H3,(H,30,37)(H,31,32)(H,33,38)(H,34,40)(H,35,39)/t18-,21-,22-/m0/s1. The van der Waals surface area contributed by atoms with Crippen molar-refractivity contribution in [2.75, 3.05) is 6.54 Å². The van der Waals surface area contributed by atoms with Crippen LogP contribution >= 0.6 is 0 Å². The molecule has 1 saturated heterocycles. The van der Waals surface area contributed by atoms with E-state index in [1.165, 1.54) is 0 Å². The largest absolute Gasteiger partial charge is 0.356 e. The van der Waals surface area contributed by atoms with E-state index in [1.54, 1.807) is 39.0 Å². The molecule has 5 N–H and O–H groups in total. The van der Waals surface area contributed by atoms with Gasteiger partial charge in [0, 0.05) is 24.4 Å². The highest BCUT2D eigenvalue weighted by molar-refractivity contribution is 6.38. The predicted molar refractivity (Wildman–Crippen MR) is 148 cm³/mol. The molecule has 11 nitrogen and oxygen atoms in total. The lowest BCUT2D eigenvalue weighted by Crippen LogP contribution is -2.56. The van der Waals surface area contributed by atoms with E-state index in [1.807, 2.05) is 36.4 Å². The summed E-state index contributed by atoms with van der Waals surface area (Å²) in [5, 5.41) is 10.7. The molecule has 2 aromatic carbocycles. The minimum absolute atomic E-state index is 0.0341. The number of benzene rings is 2. The molecule has 40 heavy (non-hydrogen) atoms. The number of Topliss-reactive ketones (excluding diaryl/α,β-unsaturated/α-hetero) is 1. The van der Waals surface area contributed by atoms with Crippen LogP contribution in [0.15, 0.2) is 54.6 Å². The Balaban J connectivity index is 1.57. The van der Waals surface area contributed by atoms with E-state index >= 15 is 0 Å². The van der Waals surface area contributed by atoms with Crippen molar-refractivity contribution in [3.05, 3.63) is 66.0 Å². The van der Waals surface area contributed by atoms with E-state index < -0.39 is 47.0 Å². The molecule has 0 aliphatic carbocycles. The van der Waals surface area contributed by atoms with Crippen LogP contribution in [0, 0.1) is 5.92 Å². The second-order valence-corrected chi connectivity index (χ2v) is 11.0. The highest BCUT2D eigenvalue weighted by Gasteiger charge is 2.36. The van der Waals surface area contributed by atoms with Gasteiger partial charge in [0.25, 0.3) is 11.8 Å². The van der Waals surface area contributed by atoms with Crippen molar-refractivity contribution in [2.24, 2.45) is 5.92 Å². The molecule has 4 amide bonds. The number of nitrogens with zero attached hydrogens (tertiary/aromatic N) is 1. The molecule has 1 aliphatic heterocycles. The summed E-state index contributed by atoms with van der Waals surface area (Å²) in [6.07, 6.45) is 0.566. The molecule has 0 spiro atoms. The average molecular weight is 547 g/mol. The fourth-order valence-electron chi connectivity index (χ4n) is 4.56. The average Bonchev–Trinajstić information content (AvgIpc) is 3.53. The molecule has 3 atom stereocenters. The van der Waals surface area contributed by atoms with Gasteiger partial charge in [0.15, 0.2) is 5.82 Å². The third kappa shape index (κ3) is 7.31. The lowest BCUT2D eigenvalue weighted by Gasteiger charge is -2.25. The normalized spacial score (nSPS) is 16.6. The Hall–Kier alpha value is -4.54. The third-order valence-electron chi connectivity index (χ3n) is 6.54. The zero-order valence-electron chi connectivity index (χ0n) is 22.7. The smallest absolute Gasteiger partial charge is 0.290 e. The van der Waals surface area contributed by atoms with Crippen molar-refractivity contribution >= 4 is 40.4 Å². The van der Waals surface area contributed by atoms with Crippen LogP contribution in [0.25, 0.3) is 11.0 Å². The number of H-pyrrole nitrogens is 1. The quantitative estimate of drug-likeness (QED) is 0.242. The lowest BCUT2D eigenvalue weighted by atomic mass is 9.94. The van der Waals surface area contributed by atoms with Crippen molar-refractivity contribution in [1.82, 2.24) is 31.2 Å². The monoisotopic (exact) mass is 546 g/mol. The van der Waals surface area contributed by atoms with E-state index in [0.29, 0.717) is 24.0 Å². The van der Waals surface area contributed by atoms with Crippen LogP contribution < -0.4 is 21.3 Å². The maximum Gasteiger partial charge on any atom is 0.290 e. The van der Waals surface area contributed by atoms with E-state index in [-0.39, 0.29) is 24.6 Å². The van der Waals surface area contributed by atoms with Gasteiger partial charge in [-0.3, -0.25) is 24.0 Å². The maximum atomic E-state index is 13.6. The minimum atomic E-state index is -1.26. The number of para-hydroxylation sites is 2. The number of ketones is 1. The van der Waals surface area contributed by atoms with Gasteiger partial charge < -0.3 is 26.3 Å². The molecule has 3 aromatic rings. The number of carbonyl (C=O) groups excluding carboxylic acids is 5. The maximum absolute atomic E-state index is 13.6. The van der Waals surface area contributed by atoms with Crippen molar-refractivity contribution in [2.45, 2.75) is 57.7 Å². The second-order valence-electron chi connectivity index (χ2n) is 11.0. The second kappa shape index (κ2) is 12.1. The van der Waals surface area contributed by atoms with Gasteiger partial charge in [0.1, 0.15) is 6.04 Å². The molecule has 210 valence electrons. The van der Waals surface area contributed by atoms with E-state index in [9.17, 15) is 24.0 Å². The number of hydrogen-bond donors (Lipinski definition) is 5. The number of fused-ring (bicyclic) bond motifs is 1. The lowest BCUT2D eigenvalue weighted by molar-refractivity contribution is -0.141. The van der Waals surface area contributed by atoms with E-state index in [2.05, 4.69) is 31.2 Å². The van der Waals surface area contributed by atoms with Crippen LogP contribution in [0.5, 0.6) is 0 Å². The summed E-state index contributed by atoms with van der Waals surface area (Å²) in [6, 6.07) is 13.9. The first-order valence-corrected chi connectivity index (χ1v) is 13.2. The molecule has 11 heteroatoms. The Labute approximate surface area is 231 Å². The van der Waals surface area contributed by atoms with Gasteiger partial charge in [0.05, 0.1) is 17.1 Å². The zero-order valence-corrected chi connectivity index (χ0v) is 22.7. The van der Waals surface area contributed by atoms with Gasteiger partial charge in [0.2, 0.25) is 17.6 Å². The Morgan fingerprint density at radius 2 is 1.68 bits per heavy atom. The fourth-order valence-corrected chi connectivity index (χ4v) is 4.56. The number of aromatic amines is 1. The van der Waals surface area contributed by atoms with Crippen molar-refractivity contribution in [3.8, 4) is 0 Å². The third-order valence-corrected chi connectivity index (χ3v) is 6.54. The van der Waals surface area contributed by atoms with Crippen molar-refractivity contribution < 1.29 is 24.0 Å². The molecule has 1 aliphatic rings. The Morgan fingerprint density at radius 1 is 0.975 bits per heavy atom. The van der Waals surface area contributed by atoms with E-state index in [4.69, 9.17) is 0 Å². The summed E-state index contributed by atoms with van der Waals surface area (Å²) >= 11 is 0. The topological polar surface area (TPSA) is 162 Å². The molecule has 1 aromatic heterocycles. The van der Waals surface area contributed by atoms with Gasteiger partial charge in [-0.15, -0.1) is 0 Å². The van der Waals surface area contributed by atoms with Gasteiger partial charge in [-0.2, -0.15) is 0 Å². The Kier molecular flexibility index (Phi) is 8.61. The molecule has 0 unspecified atom stereocenters. The summed E-state index contributed by atoms with van der Waals surface area (Å²) in [5.74, 6) is -3.71. The first kappa shape index (κ1) is 28.5. The number of aromatic nitrogens is 2. The Bertz CT molecular complexity index is 1380. The molecular formula is C29H34N6O5. The van der Waals surface area contributed by atoms with Crippen LogP contribution in [-0.2, 0) is 25.6 Å². The van der Waals surface area contributed by atoms with Crippen LogP contribution in [0.2, 0.25) is 0 Å². The fraction of sp³-hybridized carbons (Fsp3) is 0.379. The summed E-state index contributed by atoms with van der Waals surface area (Å²) < 4.78 is 0. The molecular weight excluding hydrogens is 512 g/mol. The van der Waals surface area contributed by atoms with Gasteiger partial charge >= 0.3 is 0 Å². The van der Waals surface area contributed by atoms with Crippen molar-refractivity contribution in [3.63, 3.8) is 0 Å². The van der Waals surface area contributed by atoms with Crippen LogP contribution in [0.4, 0.5) is 0 Å². The molecule has 0 saturated carbocycles. The van der Waals surface area contributed by atoms with Crippen molar-refractivity contribution in [1.29, 1.82) is 0 Å². The highest BCUT2D eigenvalue weighted by atomic mass is 16.2. The number of nitrogens with one attached hydrogen (secondary N) is 5.